The molecule has 0 aliphatic carbocycles. The molecule has 3 rings (SSSR count). The number of para-hydroxylation sites is 1. The van der Waals surface area contributed by atoms with E-state index in [0.29, 0.717) is 43.9 Å². The van der Waals surface area contributed by atoms with E-state index in [4.69, 9.17) is 9.47 Å². The number of carbonyl (C=O) groups is 3. The van der Waals surface area contributed by atoms with Crippen LogP contribution < -0.4 is 25.4 Å². The number of anilines is 1. The summed E-state index contributed by atoms with van der Waals surface area (Å²) >= 11 is 0. The molecule has 3 N–H and O–H groups in total. The maximum absolute atomic E-state index is 13.0. The van der Waals surface area contributed by atoms with Crippen LogP contribution in [-0.4, -0.2) is 62.1 Å². The van der Waals surface area contributed by atoms with Gasteiger partial charge in [-0.25, -0.2) is 4.79 Å². The highest BCUT2D eigenvalue weighted by molar-refractivity contribution is 5.89. The van der Waals surface area contributed by atoms with Gasteiger partial charge in [-0.15, -0.1) is 0 Å². The van der Waals surface area contributed by atoms with E-state index in [1.54, 1.807) is 31.3 Å². The number of piperidine rings is 1. The van der Waals surface area contributed by atoms with E-state index in [1.807, 2.05) is 36.4 Å². The second kappa shape index (κ2) is 11.9. The monoisotopic (exact) mass is 468 g/mol. The van der Waals surface area contributed by atoms with E-state index in [1.165, 1.54) is 6.92 Å². The average molecular weight is 469 g/mol. The SMILES string of the molecule is COc1ccc(C[C@@H](NC(C)=O)C(=O)NC2CCN(C(=O)Nc3ccccc3)CC2)cc1OC. The lowest BCUT2D eigenvalue weighted by atomic mass is 10.0. The Labute approximate surface area is 199 Å². The maximum Gasteiger partial charge on any atom is 0.321 e. The second-order valence-electron chi connectivity index (χ2n) is 8.21. The molecule has 2 aromatic rings. The summed E-state index contributed by atoms with van der Waals surface area (Å²) in [6.45, 7) is 2.45. The van der Waals surface area contributed by atoms with Crippen molar-refractivity contribution in [3.63, 3.8) is 0 Å². The van der Waals surface area contributed by atoms with Crippen LogP contribution >= 0.6 is 0 Å². The predicted molar refractivity (Wildman–Crippen MR) is 129 cm³/mol. The zero-order chi connectivity index (χ0) is 24.5. The largest absolute Gasteiger partial charge is 0.493 e. The van der Waals surface area contributed by atoms with Crippen molar-refractivity contribution < 1.29 is 23.9 Å². The molecule has 4 amide bonds. The molecule has 1 atom stereocenters. The van der Waals surface area contributed by atoms with Crippen LogP contribution in [0.15, 0.2) is 48.5 Å². The molecule has 9 heteroatoms. The first-order valence-electron chi connectivity index (χ1n) is 11.3. The quantitative estimate of drug-likeness (QED) is 0.552. The number of ether oxygens (including phenoxy) is 2. The number of likely N-dealkylation sites (tertiary alicyclic amines) is 1. The van der Waals surface area contributed by atoms with Crippen LogP contribution in [0.5, 0.6) is 11.5 Å². The molecule has 34 heavy (non-hydrogen) atoms. The predicted octanol–water partition coefficient (Wildman–Crippen LogP) is 2.56. The summed E-state index contributed by atoms with van der Waals surface area (Å²) in [5.74, 6) is 0.614. The molecule has 0 unspecified atom stereocenters. The molecular formula is C25H32N4O5. The third-order valence-electron chi connectivity index (χ3n) is 5.74. The topological polar surface area (TPSA) is 109 Å². The number of carbonyl (C=O) groups excluding carboxylic acids is 3. The Balaban J connectivity index is 1.55. The Morgan fingerprint density at radius 1 is 1.00 bits per heavy atom. The number of urea groups is 1. The molecule has 1 fully saturated rings. The number of hydrogen-bond donors (Lipinski definition) is 3. The Kier molecular flexibility index (Phi) is 8.73. The van der Waals surface area contributed by atoms with Gasteiger partial charge in [-0.2, -0.15) is 0 Å². The normalized spacial score (nSPS) is 14.6. The molecule has 1 aliphatic rings. The molecule has 9 nitrogen and oxygen atoms in total. The summed E-state index contributed by atoms with van der Waals surface area (Å²) in [7, 11) is 3.10. The van der Waals surface area contributed by atoms with E-state index in [0.717, 1.165) is 11.3 Å². The first kappa shape index (κ1) is 24.9. The van der Waals surface area contributed by atoms with Crippen LogP contribution in [0.4, 0.5) is 10.5 Å². The number of hydrogen-bond acceptors (Lipinski definition) is 5. The fourth-order valence-corrected chi connectivity index (χ4v) is 3.95. The summed E-state index contributed by atoms with van der Waals surface area (Å²) in [5.41, 5.74) is 1.58. The highest BCUT2D eigenvalue weighted by Crippen LogP contribution is 2.28. The van der Waals surface area contributed by atoms with Gasteiger partial charge in [0.2, 0.25) is 11.8 Å². The summed E-state index contributed by atoms with van der Waals surface area (Å²) in [4.78, 5) is 39.0. The molecule has 1 saturated heterocycles. The van der Waals surface area contributed by atoms with Crippen molar-refractivity contribution in [1.82, 2.24) is 15.5 Å². The van der Waals surface area contributed by atoms with Gasteiger partial charge in [0.25, 0.3) is 0 Å². The lowest BCUT2D eigenvalue weighted by Crippen LogP contribution is -2.53. The zero-order valence-electron chi connectivity index (χ0n) is 19.8. The molecule has 0 bridgehead atoms. The minimum absolute atomic E-state index is 0.0741. The first-order chi connectivity index (χ1) is 16.4. The van der Waals surface area contributed by atoms with Crippen molar-refractivity contribution in [2.75, 3.05) is 32.6 Å². The number of nitrogens with zero attached hydrogens (tertiary/aromatic N) is 1. The molecule has 0 saturated carbocycles. The van der Waals surface area contributed by atoms with Crippen molar-refractivity contribution in [3.8, 4) is 11.5 Å². The van der Waals surface area contributed by atoms with Gasteiger partial charge in [0.15, 0.2) is 11.5 Å². The van der Waals surface area contributed by atoms with Crippen LogP contribution in [0.3, 0.4) is 0 Å². The molecule has 1 aliphatic heterocycles. The van der Waals surface area contributed by atoms with Gasteiger partial charge in [-0.1, -0.05) is 24.3 Å². The van der Waals surface area contributed by atoms with Crippen molar-refractivity contribution in [2.45, 2.75) is 38.3 Å². The highest BCUT2D eigenvalue weighted by Gasteiger charge is 2.27. The third kappa shape index (κ3) is 6.87. The number of amides is 4. The summed E-state index contributed by atoms with van der Waals surface area (Å²) in [6.07, 6.45) is 1.58. The summed E-state index contributed by atoms with van der Waals surface area (Å²) in [6, 6.07) is 13.8. The van der Waals surface area contributed by atoms with Crippen molar-refractivity contribution in [1.29, 1.82) is 0 Å². The summed E-state index contributed by atoms with van der Waals surface area (Å²) in [5, 5.41) is 8.66. The van der Waals surface area contributed by atoms with Gasteiger partial charge < -0.3 is 30.3 Å². The molecule has 0 radical (unpaired) electrons. The second-order valence-corrected chi connectivity index (χ2v) is 8.21. The zero-order valence-corrected chi connectivity index (χ0v) is 19.8. The van der Waals surface area contributed by atoms with E-state index in [-0.39, 0.29) is 23.9 Å². The lowest BCUT2D eigenvalue weighted by molar-refractivity contribution is -0.128. The molecule has 2 aromatic carbocycles. The number of benzene rings is 2. The molecule has 182 valence electrons. The standard InChI is InChI=1S/C25H32N4O5/c1-17(30)26-21(15-18-9-10-22(33-2)23(16-18)34-3)24(31)27-20-11-13-29(14-12-20)25(32)28-19-7-5-4-6-8-19/h4-10,16,20-21H,11-15H2,1-3H3,(H,26,30)(H,27,31)(H,28,32)/t21-/m1/s1. The number of nitrogens with one attached hydrogen (secondary N) is 3. The minimum Gasteiger partial charge on any atom is -0.493 e. The van der Waals surface area contributed by atoms with Crippen LogP contribution in [-0.2, 0) is 16.0 Å². The van der Waals surface area contributed by atoms with Crippen molar-refractivity contribution in [3.05, 3.63) is 54.1 Å². The molecule has 0 spiro atoms. The summed E-state index contributed by atoms with van der Waals surface area (Å²) < 4.78 is 10.6. The van der Waals surface area contributed by atoms with Crippen LogP contribution in [0, 0.1) is 0 Å². The number of rotatable bonds is 8. The van der Waals surface area contributed by atoms with Crippen molar-refractivity contribution >= 4 is 23.5 Å². The lowest BCUT2D eigenvalue weighted by Gasteiger charge is -2.33. The fourth-order valence-electron chi connectivity index (χ4n) is 3.95. The van der Waals surface area contributed by atoms with E-state index in [9.17, 15) is 14.4 Å². The van der Waals surface area contributed by atoms with Crippen molar-refractivity contribution in [2.24, 2.45) is 0 Å². The van der Waals surface area contributed by atoms with Gasteiger partial charge in [0.05, 0.1) is 14.2 Å². The Morgan fingerprint density at radius 2 is 1.68 bits per heavy atom. The minimum atomic E-state index is -0.727. The Bertz CT molecular complexity index is 990. The van der Waals surface area contributed by atoms with Crippen LogP contribution in [0.25, 0.3) is 0 Å². The van der Waals surface area contributed by atoms with E-state index < -0.39 is 6.04 Å². The fraction of sp³-hybridized carbons (Fsp3) is 0.400. The first-order valence-corrected chi connectivity index (χ1v) is 11.3. The van der Waals surface area contributed by atoms with Gasteiger partial charge in [0, 0.05) is 38.2 Å². The van der Waals surface area contributed by atoms with Gasteiger partial charge >= 0.3 is 6.03 Å². The maximum atomic E-state index is 13.0. The number of methoxy groups -OCH3 is 2. The molecule has 0 aromatic heterocycles. The van der Waals surface area contributed by atoms with E-state index >= 15 is 0 Å². The third-order valence-corrected chi connectivity index (χ3v) is 5.74. The van der Waals surface area contributed by atoms with Gasteiger partial charge in [0.1, 0.15) is 6.04 Å². The van der Waals surface area contributed by atoms with Gasteiger partial charge in [-0.05, 0) is 42.7 Å². The highest BCUT2D eigenvalue weighted by atomic mass is 16.5. The van der Waals surface area contributed by atoms with Crippen LogP contribution in [0.1, 0.15) is 25.3 Å². The Hall–Kier alpha value is -3.75. The smallest absolute Gasteiger partial charge is 0.321 e. The molecular weight excluding hydrogens is 436 g/mol. The van der Waals surface area contributed by atoms with Gasteiger partial charge in [-0.3, -0.25) is 9.59 Å². The Morgan fingerprint density at radius 3 is 2.29 bits per heavy atom. The molecule has 1 heterocycles. The average Bonchev–Trinajstić information content (AvgIpc) is 2.84. The van der Waals surface area contributed by atoms with E-state index in [2.05, 4.69) is 16.0 Å². The van der Waals surface area contributed by atoms with Crippen LogP contribution in [0.2, 0.25) is 0 Å².